The minimum Gasteiger partial charge on any atom is -0.383 e. The Bertz CT molecular complexity index is 1380. The van der Waals surface area contributed by atoms with E-state index < -0.39 is 0 Å². The molecule has 3 heterocycles. The fourth-order valence-corrected chi connectivity index (χ4v) is 4.10. The molecule has 1 aliphatic rings. The topological polar surface area (TPSA) is 129 Å². The molecule has 0 bridgehead atoms. The van der Waals surface area contributed by atoms with Crippen LogP contribution < -0.4 is 16.6 Å². The van der Waals surface area contributed by atoms with Gasteiger partial charge in [0, 0.05) is 13.1 Å². The van der Waals surface area contributed by atoms with E-state index in [9.17, 15) is 4.79 Å². The van der Waals surface area contributed by atoms with Crippen molar-refractivity contribution in [2.45, 2.75) is 38.3 Å². The maximum atomic E-state index is 13.4. The third-order valence-corrected chi connectivity index (χ3v) is 5.86. The van der Waals surface area contributed by atoms with E-state index >= 15 is 0 Å². The smallest absolute Gasteiger partial charge is 0.263 e. The van der Waals surface area contributed by atoms with Crippen LogP contribution in [0.4, 0.5) is 11.6 Å². The minimum absolute atomic E-state index is 0.118. The molecule has 0 radical (unpaired) electrons. The van der Waals surface area contributed by atoms with Crippen molar-refractivity contribution in [1.29, 1.82) is 0 Å². The Labute approximate surface area is 188 Å². The maximum absolute atomic E-state index is 13.4. The minimum atomic E-state index is -0.302. The van der Waals surface area contributed by atoms with Gasteiger partial charge in [-0.25, -0.2) is 19.9 Å². The Kier molecular flexibility index (Phi) is 5.01. The first-order chi connectivity index (χ1) is 15.5. The summed E-state index contributed by atoms with van der Waals surface area (Å²) in [4.78, 5) is 31.1. The third kappa shape index (κ3) is 3.46. The quantitative estimate of drug-likeness (QED) is 0.457. The maximum Gasteiger partial charge on any atom is 0.263 e. The van der Waals surface area contributed by atoms with E-state index in [1.54, 1.807) is 34.8 Å². The van der Waals surface area contributed by atoms with Crippen LogP contribution in [0.15, 0.2) is 35.6 Å². The Hall–Kier alpha value is -3.53. The number of halogens is 1. The van der Waals surface area contributed by atoms with Crippen LogP contribution >= 0.6 is 11.6 Å². The van der Waals surface area contributed by atoms with Crippen LogP contribution in [0, 0.1) is 0 Å². The molecule has 4 aromatic rings. The first-order valence-corrected chi connectivity index (χ1v) is 10.8. The average molecular weight is 452 g/mol. The van der Waals surface area contributed by atoms with Gasteiger partial charge in [-0.05, 0) is 31.4 Å². The highest BCUT2D eigenvalue weighted by molar-refractivity contribution is 6.35. The first kappa shape index (κ1) is 20.4. The lowest BCUT2D eigenvalue weighted by Crippen LogP contribution is -2.29. The van der Waals surface area contributed by atoms with Gasteiger partial charge in [0.1, 0.15) is 35.7 Å². The molecule has 10 nitrogen and oxygen atoms in total. The molecule has 1 atom stereocenters. The summed E-state index contributed by atoms with van der Waals surface area (Å²) < 4.78 is 3.36. The molecule has 11 heteroatoms. The lowest BCUT2D eigenvalue weighted by atomic mass is 10.1. The normalized spacial score (nSPS) is 14.6. The molecule has 3 N–H and O–H groups in total. The summed E-state index contributed by atoms with van der Waals surface area (Å²) in [6.07, 6.45) is 5.50. The number of nitrogens with zero attached hydrogens (tertiary/aromatic N) is 7. The monoisotopic (exact) mass is 451 g/mol. The fraction of sp³-hybridized carbons (Fsp3) is 0.333. The number of aromatic nitrogens is 7. The van der Waals surface area contributed by atoms with Crippen molar-refractivity contribution in [3.8, 4) is 11.4 Å². The van der Waals surface area contributed by atoms with Crippen LogP contribution in [0.1, 0.15) is 44.1 Å². The van der Waals surface area contributed by atoms with Gasteiger partial charge in [0.2, 0.25) is 0 Å². The summed E-state index contributed by atoms with van der Waals surface area (Å²) in [6, 6.07) is 5.14. The molecule has 0 spiro atoms. The highest BCUT2D eigenvalue weighted by Gasteiger charge is 2.32. The van der Waals surface area contributed by atoms with Crippen molar-refractivity contribution in [1.82, 2.24) is 34.3 Å². The molecule has 0 aliphatic heterocycles. The highest BCUT2D eigenvalue weighted by Crippen LogP contribution is 2.38. The zero-order valence-corrected chi connectivity index (χ0v) is 18.4. The van der Waals surface area contributed by atoms with E-state index in [1.165, 1.54) is 6.33 Å². The largest absolute Gasteiger partial charge is 0.383 e. The molecular formula is C21H22ClN9O. The van der Waals surface area contributed by atoms with Crippen molar-refractivity contribution in [3.63, 3.8) is 0 Å². The van der Waals surface area contributed by atoms with E-state index in [0.29, 0.717) is 45.4 Å². The van der Waals surface area contributed by atoms with E-state index in [-0.39, 0.29) is 23.5 Å². The van der Waals surface area contributed by atoms with E-state index in [2.05, 4.69) is 25.4 Å². The molecule has 0 saturated heterocycles. The molecule has 1 aliphatic carbocycles. The van der Waals surface area contributed by atoms with Gasteiger partial charge >= 0.3 is 0 Å². The van der Waals surface area contributed by atoms with Gasteiger partial charge in [0.05, 0.1) is 22.0 Å². The molecule has 1 unspecified atom stereocenters. The number of nitrogen functional groups attached to an aromatic ring is 1. The number of nitrogens with one attached hydrogen (secondary N) is 1. The van der Waals surface area contributed by atoms with Crippen molar-refractivity contribution < 1.29 is 0 Å². The van der Waals surface area contributed by atoms with Gasteiger partial charge in [-0.2, -0.15) is 5.10 Å². The fourth-order valence-electron chi connectivity index (χ4n) is 3.85. The lowest BCUT2D eigenvalue weighted by Gasteiger charge is -2.23. The lowest BCUT2D eigenvalue weighted by molar-refractivity contribution is 0.579. The van der Waals surface area contributed by atoms with Gasteiger partial charge in [0.25, 0.3) is 5.56 Å². The van der Waals surface area contributed by atoms with Crippen LogP contribution in [-0.2, 0) is 7.05 Å². The van der Waals surface area contributed by atoms with Gasteiger partial charge in [-0.3, -0.25) is 14.0 Å². The summed E-state index contributed by atoms with van der Waals surface area (Å²) in [5.74, 6) is 1.81. The predicted molar refractivity (Wildman–Crippen MR) is 122 cm³/mol. The Morgan fingerprint density at radius 2 is 2.09 bits per heavy atom. The van der Waals surface area contributed by atoms with Crippen molar-refractivity contribution >= 4 is 34.1 Å². The molecule has 0 amide bonds. The molecule has 1 fully saturated rings. The molecule has 5 rings (SSSR count). The zero-order chi connectivity index (χ0) is 22.4. The van der Waals surface area contributed by atoms with Crippen LogP contribution in [0.25, 0.3) is 22.3 Å². The summed E-state index contributed by atoms with van der Waals surface area (Å²) >= 11 is 6.35. The number of hydrogen-bond donors (Lipinski definition) is 2. The van der Waals surface area contributed by atoms with Crippen LogP contribution in [0.3, 0.4) is 0 Å². The molecule has 1 aromatic carbocycles. The van der Waals surface area contributed by atoms with Gasteiger partial charge < -0.3 is 11.1 Å². The Morgan fingerprint density at radius 1 is 1.28 bits per heavy atom. The second-order valence-electron chi connectivity index (χ2n) is 7.84. The number of fused-ring (bicyclic) bond motifs is 1. The SMILES string of the molecule is CCC(Nc1ncnc(N)c1-c1ncn(C)n1)c1nc2cccc(Cl)c2c(=O)n1C1CC1. The van der Waals surface area contributed by atoms with Crippen molar-refractivity contribution in [2.75, 3.05) is 11.1 Å². The predicted octanol–water partition coefficient (Wildman–Crippen LogP) is 3.12. The van der Waals surface area contributed by atoms with E-state index in [4.69, 9.17) is 22.3 Å². The van der Waals surface area contributed by atoms with Crippen molar-refractivity contribution in [3.05, 3.63) is 52.1 Å². The third-order valence-electron chi connectivity index (χ3n) is 5.55. The Morgan fingerprint density at radius 3 is 2.78 bits per heavy atom. The summed E-state index contributed by atoms with van der Waals surface area (Å²) in [5.41, 5.74) is 7.12. The van der Waals surface area contributed by atoms with Crippen LogP contribution in [0.2, 0.25) is 5.02 Å². The number of hydrogen-bond acceptors (Lipinski definition) is 8. The summed E-state index contributed by atoms with van der Waals surface area (Å²) in [6.45, 7) is 2.02. The molecule has 164 valence electrons. The van der Waals surface area contributed by atoms with Gasteiger partial charge in [-0.15, -0.1) is 0 Å². The molecule has 32 heavy (non-hydrogen) atoms. The van der Waals surface area contributed by atoms with Gasteiger partial charge in [-0.1, -0.05) is 24.6 Å². The Balaban J connectivity index is 1.64. The van der Waals surface area contributed by atoms with E-state index in [0.717, 1.165) is 12.8 Å². The summed E-state index contributed by atoms with van der Waals surface area (Å²) in [5, 5.41) is 8.62. The number of nitrogens with two attached hydrogens (primary N) is 1. The number of benzene rings is 1. The van der Waals surface area contributed by atoms with E-state index in [1.807, 2.05) is 13.0 Å². The highest BCUT2D eigenvalue weighted by atomic mass is 35.5. The molecule has 3 aromatic heterocycles. The second kappa shape index (κ2) is 7.86. The number of anilines is 2. The average Bonchev–Trinajstić information content (AvgIpc) is 3.51. The van der Waals surface area contributed by atoms with Crippen molar-refractivity contribution in [2.24, 2.45) is 7.05 Å². The van der Waals surface area contributed by atoms with Crippen LogP contribution in [-0.4, -0.2) is 34.3 Å². The number of rotatable bonds is 6. The summed E-state index contributed by atoms with van der Waals surface area (Å²) in [7, 11) is 1.77. The first-order valence-electron chi connectivity index (χ1n) is 10.4. The zero-order valence-electron chi connectivity index (χ0n) is 17.7. The number of aryl methyl sites for hydroxylation is 1. The second-order valence-corrected chi connectivity index (χ2v) is 8.25. The van der Waals surface area contributed by atoms with Crippen LogP contribution in [0.5, 0.6) is 0 Å². The standard InChI is InChI=1S/C21H22ClN9O/c1-3-13(27-18-16(17(23)24-9-25-18)19-26-10-30(2)29-19)20-28-14-6-4-5-12(22)15(14)21(32)31(20)11-7-8-11/h4-6,9-11,13H,3,7-8H2,1-2H3,(H3,23,24,25,27). The molecule has 1 saturated carbocycles. The molecular weight excluding hydrogens is 430 g/mol. The van der Waals surface area contributed by atoms with Gasteiger partial charge in [0.15, 0.2) is 5.82 Å².